The number of hydrogen-bond donors (Lipinski definition) is 0. The first-order valence-corrected chi connectivity index (χ1v) is 5.96. The van der Waals surface area contributed by atoms with Crippen molar-refractivity contribution in [3.05, 3.63) is 63.4 Å². The summed E-state index contributed by atoms with van der Waals surface area (Å²) in [6.45, 7) is 0. The third kappa shape index (κ3) is 2.89. The van der Waals surface area contributed by atoms with Crippen LogP contribution in [0.4, 0.5) is 13.2 Å². The summed E-state index contributed by atoms with van der Waals surface area (Å²) < 4.78 is 44.0. The predicted molar refractivity (Wildman–Crippen MR) is 67.7 cm³/mol. The standard InChI is InChI=1S/C13H5Cl2F3O2/c14-8-3-1-6(5-9(8)15)20-13(19)7-2-4-10(16)12(18)11(7)17/h1-5H. The highest BCUT2D eigenvalue weighted by molar-refractivity contribution is 6.42. The average Bonchev–Trinajstić information content (AvgIpc) is 2.40. The zero-order chi connectivity index (χ0) is 14.9. The Kier molecular flexibility index (Phi) is 4.20. The summed E-state index contributed by atoms with van der Waals surface area (Å²) in [5.74, 6) is -5.94. The fourth-order valence-corrected chi connectivity index (χ4v) is 1.67. The molecule has 0 atom stereocenters. The van der Waals surface area contributed by atoms with Gasteiger partial charge in [0.2, 0.25) is 0 Å². The van der Waals surface area contributed by atoms with Crippen LogP contribution in [0.2, 0.25) is 10.0 Å². The number of carbonyl (C=O) groups is 1. The van der Waals surface area contributed by atoms with Crippen molar-refractivity contribution in [2.24, 2.45) is 0 Å². The number of ether oxygens (including phenoxy) is 1. The lowest BCUT2D eigenvalue weighted by atomic mass is 10.2. The van der Waals surface area contributed by atoms with Crippen molar-refractivity contribution in [3.8, 4) is 5.75 Å². The van der Waals surface area contributed by atoms with E-state index in [1.807, 2.05) is 0 Å². The highest BCUT2D eigenvalue weighted by atomic mass is 35.5. The van der Waals surface area contributed by atoms with Gasteiger partial charge >= 0.3 is 5.97 Å². The molecule has 0 spiro atoms. The van der Waals surface area contributed by atoms with E-state index in [1.54, 1.807) is 0 Å². The van der Waals surface area contributed by atoms with E-state index >= 15 is 0 Å². The molecule has 0 unspecified atom stereocenters. The van der Waals surface area contributed by atoms with E-state index in [1.165, 1.54) is 18.2 Å². The molecule has 0 radical (unpaired) electrons. The van der Waals surface area contributed by atoms with Gasteiger partial charge in [0.05, 0.1) is 15.6 Å². The SMILES string of the molecule is O=C(Oc1ccc(Cl)c(Cl)c1)c1ccc(F)c(F)c1F. The number of halogens is 5. The predicted octanol–water partition coefficient (Wildman–Crippen LogP) is 4.63. The molecule has 7 heteroatoms. The zero-order valence-electron chi connectivity index (χ0n) is 9.59. The second kappa shape index (κ2) is 5.73. The van der Waals surface area contributed by atoms with Crippen LogP contribution < -0.4 is 4.74 Å². The molecule has 0 fully saturated rings. The van der Waals surface area contributed by atoms with Gasteiger partial charge in [0.25, 0.3) is 0 Å². The number of rotatable bonds is 2. The molecule has 2 nitrogen and oxygen atoms in total. The lowest BCUT2D eigenvalue weighted by Crippen LogP contribution is -2.12. The minimum absolute atomic E-state index is 0.00599. The first kappa shape index (κ1) is 14.7. The van der Waals surface area contributed by atoms with Crippen molar-refractivity contribution in [2.75, 3.05) is 0 Å². The summed E-state index contributed by atoms with van der Waals surface area (Å²) in [6, 6.07) is 5.34. The maximum atomic E-state index is 13.4. The van der Waals surface area contributed by atoms with Gasteiger partial charge in [0.15, 0.2) is 17.5 Å². The van der Waals surface area contributed by atoms with Crippen LogP contribution >= 0.6 is 23.2 Å². The highest BCUT2D eigenvalue weighted by Gasteiger charge is 2.20. The zero-order valence-corrected chi connectivity index (χ0v) is 11.1. The third-order valence-electron chi connectivity index (χ3n) is 2.36. The summed E-state index contributed by atoms with van der Waals surface area (Å²) in [6.07, 6.45) is 0. The van der Waals surface area contributed by atoms with Crippen molar-refractivity contribution in [3.63, 3.8) is 0 Å². The lowest BCUT2D eigenvalue weighted by Gasteiger charge is -2.06. The Labute approximate surface area is 121 Å². The van der Waals surface area contributed by atoms with Gasteiger partial charge in [-0.15, -0.1) is 0 Å². The number of carbonyl (C=O) groups excluding carboxylic acids is 1. The van der Waals surface area contributed by atoms with Crippen molar-refractivity contribution in [1.82, 2.24) is 0 Å². The van der Waals surface area contributed by atoms with Crippen LogP contribution in [0.25, 0.3) is 0 Å². The van der Waals surface area contributed by atoms with Crippen LogP contribution in [0.5, 0.6) is 5.75 Å². The van der Waals surface area contributed by atoms with E-state index < -0.39 is 29.0 Å². The Balaban J connectivity index is 2.28. The summed E-state index contributed by atoms with van der Waals surface area (Å²) in [7, 11) is 0. The molecule has 0 heterocycles. The molecule has 0 aliphatic rings. The molecule has 0 saturated carbocycles. The van der Waals surface area contributed by atoms with E-state index in [9.17, 15) is 18.0 Å². The Hall–Kier alpha value is -1.72. The molecule has 0 N–H and O–H groups in total. The summed E-state index contributed by atoms with van der Waals surface area (Å²) in [5.41, 5.74) is -0.727. The molecule has 104 valence electrons. The second-order valence-electron chi connectivity index (χ2n) is 3.69. The van der Waals surface area contributed by atoms with Gasteiger partial charge in [0.1, 0.15) is 5.75 Å². The second-order valence-corrected chi connectivity index (χ2v) is 4.50. The third-order valence-corrected chi connectivity index (χ3v) is 3.10. The maximum Gasteiger partial charge on any atom is 0.346 e. The Morgan fingerprint density at radius 2 is 1.65 bits per heavy atom. The molecule has 0 saturated heterocycles. The molecule has 0 aliphatic heterocycles. The number of esters is 1. The van der Waals surface area contributed by atoms with Gasteiger partial charge in [-0.3, -0.25) is 0 Å². The van der Waals surface area contributed by atoms with Crippen LogP contribution in [-0.4, -0.2) is 5.97 Å². The fourth-order valence-electron chi connectivity index (χ4n) is 1.39. The smallest absolute Gasteiger partial charge is 0.346 e. The van der Waals surface area contributed by atoms with Crippen molar-refractivity contribution >= 4 is 29.2 Å². The van der Waals surface area contributed by atoms with Gasteiger partial charge in [-0.25, -0.2) is 18.0 Å². The van der Waals surface area contributed by atoms with E-state index in [4.69, 9.17) is 27.9 Å². The van der Waals surface area contributed by atoms with Crippen LogP contribution in [0.3, 0.4) is 0 Å². The number of benzene rings is 2. The molecule has 2 aromatic rings. The quantitative estimate of drug-likeness (QED) is 0.458. The Bertz CT molecular complexity index is 690. The summed E-state index contributed by atoms with van der Waals surface area (Å²) >= 11 is 11.4. The van der Waals surface area contributed by atoms with Crippen molar-refractivity contribution in [1.29, 1.82) is 0 Å². The minimum atomic E-state index is -1.74. The van der Waals surface area contributed by atoms with Crippen LogP contribution in [0.15, 0.2) is 30.3 Å². The summed E-state index contributed by atoms with van der Waals surface area (Å²) in [5, 5.41) is 0.369. The lowest BCUT2D eigenvalue weighted by molar-refractivity contribution is 0.0728. The van der Waals surface area contributed by atoms with Crippen LogP contribution in [-0.2, 0) is 0 Å². The highest BCUT2D eigenvalue weighted by Crippen LogP contribution is 2.27. The fraction of sp³-hybridized carbons (Fsp3) is 0. The Morgan fingerprint density at radius 3 is 2.30 bits per heavy atom. The van der Waals surface area contributed by atoms with E-state index in [0.717, 1.165) is 6.07 Å². The molecule has 0 bridgehead atoms. The van der Waals surface area contributed by atoms with Gasteiger partial charge in [-0.1, -0.05) is 23.2 Å². The monoisotopic (exact) mass is 320 g/mol. The first-order chi connectivity index (χ1) is 9.40. The van der Waals surface area contributed by atoms with Crippen molar-refractivity contribution in [2.45, 2.75) is 0 Å². The van der Waals surface area contributed by atoms with Gasteiger partial charge in [-0.2, -0.15) is 0 Å². The van der Waals surface area contributed by atoms with Gasteiger partial charge in [-0.05, 0) is 24.3 Å². The molecule has 2 rings (SSSR count). The van der Waals surface area contributed by atoms with Crippen LogP contribution in [0.1, 0.15) is 10.4 Å². The maximum absolute atomic E-state index is 13.4. The topological polar surface area (TPSA) is 26.3 Å². The molecular formula is C13H5Cl2F3O2. The molecular weight excluding hydrogens is 316 g/mol. The van der Waals surface area contributed by atoms with Crippen LogP contribution in [0, 0.1) is 17.5 Å². The normalized spacial score (nSPS) is 10.4. The summed E-state index contributed by atoms with van der Waals surface area (Å²) in [4.78, 5) is 11.7. The molecule has 2 aromatic carbocycles. The van der Waals surface area contributed by atoms with Crippen molar-refractivity contribution < 1.29 is 22.7 Å². The largest absolute Gasteiger partial charge is 0.423 e. The van der Waals surface area contributed by atoms with E-state index in [-0.39, 0.29) is 15.8 Å². The molecule has 20 heavy (non-hydrogen) atoms. The number of hydrogen-bond acceptors (Lipinski definition) is 2. The average molecular weight is 321 g/mol. The van der Waals surface area contributed by atoms with E-state index in [2.05, 4.69) is 0 Å². The Morgan fingerprint density at radius 1 is 0.950 bits per heavy atom. The molecule has 0 aliphatic carbocycles. The molecule has 0 aromatic heterocycles. The van der Waals surface area contributed by atoms with E-state index in [0.29, 0.717) is 6.07 Å². The van der Waals surface area contributed by atoms with Gasteiger partial charge < -0.3 is 4.74 Å². The molecule has 0 amide bonds. The van der Waals surface area contributed by atoms with Gasteiger partial charge in [0, 0.05) is 6.07 Å². The first-order valence-electron chi connectivity index (χ1n) is 5.21. The minimum Gasteiger partial charge on any atom is -0.423 e.